The summed E-state index contributed by atoms with van der Waals surface area (Å²) >= 11 is 6.32. The second-order valence-electron chi connectivity index (χ2n) is 8.55. The molecule has 196 valence electrons. The Morgan fingerprint density at radius 2 is 1.78 bits per heavy atom. The highest BCUT2D eigenvalue weighted by molar-refractivity contribution is 7.92. The number of nitro groups is 1. The van der Waals surface area contributed by atoms with E-state index in [1.165, 1.54) is 56.7 Å². The average Bonchev–Trinajstić information content (AvgIpc) is 3.29. The van der Waals surface area contributed by atoms with E-state index in [1.807, 2.05) is 7.05 Å². The third-order valence-corrected chi connectivity index (χ3v) is 7.70. The number of nitrogens with one attached hydrogen (secondary N) is 1. The normalized spacial score (nSPS) is 15.8. The molecule has 1 atom stereocenters. The van der Waals surface area contributed by atoms with Gasteiger partial charge >= 0.3 is 0 Å². The number of hydrogen-bond donors (Lipinski definition) is 1. The largest absolute Gasteiger partial charge is 0.493 e. The van der Waals surface area contributed by atoms with Crippen LogP contribution in [-0.4, -0.2) is 58.7 Å². The number of methoxy groups -OCH3 is 2. The van der Waals surface area contributed by atoms with Gasteiger partial charge in [0.1, 0.15) is 11.9 Å². The summed E-state index contributed by atoms with van der Waals surface area (Å²) in [4.78, 5) is 12.8. The van der Waals surface area contributed by atoms with Crippen LogP contribution < -0.4 is 18.9 Å². The van der Waals surface area contributed by atoms with Crippen LogP contribution in [0.3, 0.4) is 0 Å². The Hall–Kier alpha value is -3.54. The zero-order valence-electron chi connectivity index (χ0n) is 20.4. The molecule has 0 radical (unpaired) electrons. The first-order chi connectivity index (χ1) is 17.6. The number of nitrogens with zero attached hydrogens (tertiary/aromatic N) is 2. The van der Waals surface area contributed by atoms with Crippen molar-refractivity contribution in [2.24, 2.45) is 0 Å². The molecule has 37 heavy (non-hydrogen) atoms. The number of benzene rings is 3. The smallest absolute Gasteiger partial charge is 0.270 e. The fourth-order valence-electron chi connectivity index (χ4n) is 4.13. The van der Waals surface area contributed by atoms with Crippen molar-refractivity contribution >= 4 is 33.0 Å². The van der Waals surface area contributed by atoms with Gasteiger partial charge in [0.25, 0.3) is 15.7 Å². The lowest BCUT2D eigenvalue weighted by molar-refractivity contribution is -0.384. The number of anilines is 1. The number of halogens is 1. The maximum Gasteiger partial charge on any atom is 0.270 e. The second-order valence-corrected chi connectivity index (χ2v) is 10.6. The van der Waals surface area contributed by atoms with E-state index in [4.69, 9.17) is 25.8 Å². The first kappa shape index (κ1) is 26.5. The zero-order chi connectivity index (χ0) is 26.7. The molecule has 0 spiro atoms. The predicted molar refractivity (Wildman–Crippen MR) is 140 cm³/mol. The van der Waals surface area contributed by atoms with Crippen molar-refractivity contribution in [2.45, 2.75) is 17.4 Å². The molecule has 1 saturated heterocycles. The third-order valence-electron chi connectivity index (χ3n) is 5.97. The van der Waals surface area contributed by atoms with Gasteiger partial charge in [-0.15, -0.1) is 0 Å². The van der Waals surface area contributed by atoms with E-state index in [9.17, 15) is 18.5 Å². The number of likely N-dealkylation sites (N-methyl/N-ethyl adjacent to an activating group) is 1. The molecule has 3 aromatic carbocycles. The quantitative estimate of drug-likeness (QED) is 0.299. The molecule has 1 aliphatic heterocycles. The van der Waals surface area contributed by atoms with E-state index >= 15 is 0 Å². The molecule has 0 unspecified atom stereocenters. The fraction of sp³-hybridized carbons (Fsp3) is 0.280. The molecule has 1 fully saturated rings. The van der Waals surface area contributed by atoms with E-state index in [0.717, 1.165) is 19.5 Å². The summed E-state index contributed by atoms with van der Waals surface area (Å²) in [5.41, 5.74) is 0.584. The van der Waals surface area contributed by atoms with Crippen molar-refractivity contribution in [3.8, 4) is 28.4 Å². The Morgan fingerprint density at radius 3 is 2.43 bits per heavy atom. The molecule has 1 N–H and O–H groups in total. The predicted octanol–water partition coefficient (Wildman–Crippen LogP) is 4.82. The minimum absolute atomic E-state index is 0.0549. The first-order valence-corrected chi connectivity index (χ1v) is 13.2. The number of non-ortho nitro benzene ring substituents is 1. The van der Waals surface area contributed by atoms with E-state index in [-0.39, 0.29) is 39.4 Å². The van der Waals surface area contributed by atoms with E-state index < -0.39 is 14.9 Å². The average molecular weight is 548 g/mol. The monoisotopic (exact) mass is 547 g/mol. The first-order valence-electron chi connectivity index (χ1n) is 11.3. The Balaban J connectivity index is 1.74. The summed E-state index contributed by atoms with van der Waals surface area (Å²) in [5.74, 6) is 0.822. The second kappa shape index (κ2) is 10.8. The minimum atomic E-state index is -4.21. The van der Waals surface area contributed by atoms with Crippen LogP contribution in [0.2, 0.25) is 5.02 Å². The SMILES string of the molecule is COc1cc(-c2cccc([N+](=O)[O-])c2)c(S(=O)(=O)Nc2ccc(Cl)c(O[C@@H]3CCN(C)C3)c2)cc1OC. The van der Waals surface area contributed by atoms with Gasteiger partial charge in [-0.05, 0) is 37.2 Å². The van der Waals surface area contributed by atoms with Crippen LogP contribution in [0.4, 0.5) is 11.4 Å². The van der Waals surface area contributed by atoms with Gasteiger partial charge in [-0.1, -0.05) is 23.7 Å². The summed E-state index contributed by atoms with van der Waals surface area (Å²) in [6.07, 6.45) is 0.779. The molecule has 10 nitrogen and oxygen atoms in total. The summed E-state index contributed by atoms with van der Waals surface area (Å²) in [5, 5.41) is 11.7. The van der Waals surface area contributed by atoms with Crippen LogP contribution in [0.15, 0.2) is 59.5 Å². The van der Waals surface area contributed by atoms with Gasteiger partial charge in [0.15, 0.2) is 11.5 Å². The zero-order valence-corrected chi connectivity index (χ0v) is 22.0. The lowest BCUT2D eigenvalue weighted by atomic mass is 10.0. The lowest BCUT2D eigenvalue weighted by Gasteiger charge is -2.18. The Kier molecular flexibility index (Phi) is 7.76. The summed E-state index contributed by atoms with van der Waals surface area (Å²) in [6.45, 7) is 1.64. The molecule has 1 aliphatic rings. The van der Waals surface area contributed by atoms with Crippen molar-refractivity contribution in [3.05, 3.63) is 69.7 Å². The topological polar surface area (TPSA) is 120 Å². The van der Waals surface area contributed by atoms with Crippen molar-refractivity contribution < 1.29 is 27.6 Å². The van der Waals surface area contributed by atoms with Crippen molar-refractivity contribution in [1.29, 1.82) is 0 Å². The van der Waals surface area contributed by atoms with Crippen LogP contribution >= 0.6 is 11.6 Å². The van der Waals surface area contributed by atoms with Gasteiger partial charge in [0.2, 0.25) is 0 Å². The highest BCUT2D eigenvalue weighted by Crippen LogP contribution is 2.40. The molecule has 0 saturated carbocycles. The molecule has 1 heterocycles. The maximum absolute atomic E-state index is 13.6. The minimum Gasteiger partial charge on any atom is -0.493 e. The summed E-state index contributed by atoms with van der Waals surface area (Å²) < 4.78 is 46.6. The molecule has 0 aromatic heterocycles. The highest BCUT2D eigenvalue weighted by Gasteiger charge is 2.26. The molecule has 4 rings (SSSR count). The molecule has 0 bridgehead atoms. The number of likely N-dealkylation sites (tertiary alicyclic amines) is 1. The Bertz CT molecular complexity index is 1430. The van der Waals surface area contributed by atoms with Crippen molar-refractivity contribution in [2.75, 3.05) is 39.1 Å². The molecule has 12 heteroatoms. The standard InChI is InChI=1S/C25H26ClN3O7S/c1-28-10-9-19(15-28)36-22-12-17(7-8-21(22)26)27-37(32,33)25-14-24(35-3)23(34-2)13-20(25)16-5-4-6-18(11-16)29(30)31/h4-8,11-14,19,27H,9-10,15H2,1-3H3/t19-/m1/s1. The number of hydrogen-bond acceptors (Lipinski definition) is 8. The number of rotatable bonds is 9. The Morgan fingerprint density at radius 1 is 1.05 bits per heavy atom. The molecular formula is C25H26ClN3O7S. The lowest BCUT2D eigenvalue weighted by Crippen LogP contribution is -2.21. The molecule has 3 aromatic rings. The van der Waals surface area contributed by atoms with Crippen LogP contribution in [0.25, 0.3) is 11.1 Å². The van der Waals surface area contributed by atoms with Crippen molar-refractivity contribution in [3.63, 3.8) is 0 Å². The summed E-state index contributed by atoms with van der Waals surface area (Å²) in [6, 6.07) is 13.1. The van der Waals surface area contributed by atoms with Gasteiger partial charge in [-0.2, -0.15) is 0 Å². The third kappa shape index (κ3) is 5.90. The molecule has 0 amide bonds. The molecular weight excluding hydrogens is 522 g/mol. The van der Waals surface area contributed by atoms with E-state index in [1.54, 1.807) is 12.1 Å². The van der Waals surface area contributed by atoms with Gasteiger partial charge in [0.05, 0.1) is 34.7 Å². The maximum atomic E-state index is 13.6. The van der Waals surface area contributed by atoms with Crippen LogP contribution in [0.5, 0.6) is 17.2 Å². The van der Waals surface area contributed by atoms with Gasteiger partial charge < -0.3 is 19.1 Å². The van der Waals surface area contributed by atoms with E-state index in [0.29, 0.717) is 16.3 Å². The fourth-order valence-corrected chi connectivity index (χ4v) is 5.57. The number of sulfonamides is 1. The van der Waals surface area contributed by atoms with Crippen LogP contribution in [-0.2, 0) is 10.0 Å². The van der Waals surface area contributed by atoms with Crippen LogP contribution in [0.1, 0.15) is 6.42 Å². The number of nitro benzene ring substituents is 1. The van der Waals surface area contributed by atoms with Gasteiger partial charge in [-0.25, -0.2) is 8.42 Å². The van der Waals surface area contributed by atoms with Gasteiger partial charge in [0, 0.05) is 42.9 Å². The Labute approximate surface area is 219 Å². The van der Waals surface area contributed by atoms with Crippen LogP contribution in [0, 0.1) is 10.1 Å². The molecule has 0 aliphatic carbocycles. The van der Waals surface area contributed by atoms with E-state index in [2.05, 4.69) is 9.62 Å². The summed E-state index contributed by atoms with van der Waals surface area (Å²) in [7, 11) is 0.589. The van der Waals surface area contributed by atoms with Crippen molar-refractivity contribution in [1.82, 2.24) is 4.90 Å². The highest BCUT2D eigenvalue weighted by atomic mass is 35.5. The number of ether oxygens (including phenoxy) is 3. The van der Waals surface area contributed by atoms with Gasteiger partial charge in [-0.3, -0.25) is 14.8 Å².